The van der Waals surface area contributed by atoms with Gasteiger partial charge in [0.25, 0.3) is 0 Å². The first-order valence-corrected chi connectivity index (χ1v) is 7.70. The standard InChI is InChI=1S/C16H16FN3O2S/c1-16(2,3)20-15(21)22-9-11-8-19-14(23-11)12-5-4-10(7-18)6-13(12)17/h4-6,8H,9H2,1-3H3,(H,20,21). The highest BCUT2D eigenvalue weighted by Gasteiger charge is 2.16. The number of carbonyl (C=O) groups is 1. The van der Waals surface area contributed by atoms with Crippen molar-refractivity contribution in [1.29, 1.82) is 5.26 Å². The fraction of sp³-hybridized carbons (Fsp3) is 0.312. The Morgan fingerprint density at radius 3 is 2.83 bits per heavy atom. The molecule has 0 bridgehead atoms. The summed E-state index contributed by atoms with van der Waals surface area (Å²) in [4.78, 5) is 16.4. The summed E-state index contributed by atoms with van der Waals surface area (Å²) < 4.78 is 19.1. The zero-order chi connectivity index (χ0) is 17.0. The predicted octanol–water partition coefficient (Wildman–Crippen LogP) is 3.85. The Bertz CT molecular complexity index is 759. The summed E-state index contributed by atoms with van der Waals surface area (Å²) in [6, 6.07) is 6.10. The van der Waals surface area contributed by atoms with Crippen LogP contribution in [0.2, 0.25) is 0 Å². The number of nitrogens with zero attached hydrogens (tertiary/aromatic N) is 2. The number of aromatic nitrogens is 1. The van der Waals surface area contributed by atoms with E-state index in [2.05, 4.69) is 10.3 Å². The van der Waals surface area contributed by atoms with E-state index in [1.165, 1.54) is 29.5 Å². The summed E-state index contributed by atoms with van der Waals surface area (Å²) in [7, 11) is 0. The Labute approximate surface area is 137 Å². The molecule has 7 heteroatoms. The average molecular weight is 333 g/mol. The molecule has 5 nitrogen and oxygen atoms in total. The van der Waals surface area contributed by atoms with Gasteiger partial charge in [0.15, 0.2) is 0 Å². The van der Waals surface area contributed by atoms with Crippen LogP contribution in [0.15, 0.2) is 24.4 Å². The quantitative estimate of drug-likeness (QED) is 0.926. The topological polar surface area (TPSA) is 75.0 Å². The van der Waals surface area contributed by atoms with Crippen LogP contribution in [0.5, 0.6) is 0 Å². The molecule has 0 spiro atoms. The maximum Gasteiger partial charge on any atom is 0.407 e. The molecular weight excluding hydrogens is 317 g/mol. The van der Waals surface area contributed by atoms with Gasteiger partial charge in [0.1, 0.15) is 17.4 Å². The number of hydrogen-bond acceptors (Lipinski definition) is 5. The van der Waals surface area contributed by atoms with Gasteiger partial charge in [0.2, 0.25) is 0 Å². The molecule has 120 valence electrons. The van der Waals surface area contributed by atoms with Crippen molar-refractivity contribution in [2.24, 2.45) is 0 Å². The van der Waals surface area contributed by atoms with Crippen LogP contribution < -0.4 is 5.32 Å². The van der Waals surface area contributed by atoms with Crippen LogP contribution in [-0.2, 0) is 11.3 Å². The van der Waals surface area contributed by atoms with Crippen LogP contribution in [0.3, 0.4) is 0 Å². The summed E-state index contributed by atoms with van der Waals surface area (Å²) >= 11 is 1.23. The normalized spacial score (nSPS) is 10.9. The van der Waals surface area contributed by atoms with E-state index in [0.29, 0.717) is 15.4 Å². The number of alkyl carbamates (subject to hydrolysis) is 1. The number of rotatable bonds is 3. The second-order valence-electron chi connectivity index (χ2n) is 5.89. The summed E-state index contributed by atoms with van der Waals surface area (Å²) in [6.45, 7) is 5.63. The van der Waals surface area contributed by atoms with Gasteiger partial charge in [-0.3, -0.25) is 0 Å². The van der Waals surface area contributed by atoms with Crippen LogP contribution in [0.4, 0.5) is 9.18 Å². The predicted molar refractivity (Wildman–Crippen MR) is 85.3 cm³/mol. The lowest BCUT2D eigenvalue weighted by atomic mass is 10.1. The number of nitrogens with one attached hydrogen (secondary N) is 1. The molecule has 23 heavy (non-hydrogen) atoms. The molecule has 0 fully saturated rings. The fourth-order valence-corrected chi connectivity index (χ4v) is 2.59. The third-order valence-electron chi connectivity index (χ3n) is 2.70. The second kappa shape index (κ2) is 6.75. The van der Waals surface area contributed by atoms with Crippen LogP contribution in [0.1, 0.15) is 31.2 Å². The van der Waals surface area contributed by atoms with Gasteiger partial charge in [0.05, 0.1) is 16.5 Å². The van der Waals surface area contributed by atoms with Gasteiger partial charge in [-0.25, -0.2) is 14.2 Å². The summed E-state index contributed by atoms with van der Waals surface area (Å²) in [6.07, 6.45) is 1.03. The zero-order valence-corrected chi connectivity index (χ0v) is 13.8. The van der Waals surface area contributed by atoms with Gasteiger partial charge < -0.3 is 10.1 Å². The Hall–Kier alpha value is -2.46. The largest absolute Gasteiger partial charge is 0.444 e. The Balaban J connectivity index is 2.04. The Kier molecular flexibility index (Phi) is 4.96. The number of halogens is 1. The van der Waals surface area contributed by atoms with Crippen LogP contribution in [0, 0.1) is 17.1 Å². The molecule has 0 aliphatic carbocycles. The van der Waals surface area contributed by atoms with Crippen molar-refractivity contribution in [3.05, 3.63) is 40.7 Å². The molecule has 2 rings (SSSR count). The third-order valence-corrected chi connectivity index (χ3v) is 3.71. The smallest absolute Gasteiger partial charge is 0.407 e. The molecule has 0 aliphatic rings. The molecule has 1 amide bonds. The highest BCUT2D eigenvalue weighted by Crippen LogP contribution is 2.28. The molecule has 2 aromatic rings. The minimum absolute atomic E-state index is 0.0669. The van der Waals surface area contributed by atoms with Crippen molar-refractivity contribution < 1.29 is 13.9 Å². The van der Waals surface area contributed by atoms with E-state index in [1.54, 1.807) is 6.20 Å². The summed E-state index contributed by atoms with van der Waals surface area (Å²) in [5.41, 5.74) is 0.200. The van der Waals surface area contributed by atoms with E-state index >= 15 is 0 Å². The molecule has 0 saturated carbocycles. The van der Waals surface area contributed by atoms with Crippen molar-refractivity contribution in [2.75, 3.05) is 0 Å². The van der Waals surface area contributed by atoms with Gasteiger partial charge in [-0.2, -0.15) is 5.26 Å². The lowest BCUT2D eigenvalue weighted by molar-refractivity contribution is 0.132. The second-order valence-corrected chi connectivity index (χ2v) is 7.00. The molecule has 1 N–H and O–H groups in total. The Morgan fingerprint density at radius 1 is 1.48 bits per heavy atom. The molecule has 0 aliphatic heterocycles. The maximum absolute atomic E-state index is 14.0. The first kappa shape index (κ1) is 16.9. The zero-order valence-electron chi connectivity index (χ0n) is 13.0. The van der Waals surface area contributed by atoms with Crippen molar-refractivity contribution in [1.82, 2.24) is 10.3 Å². The van der Waals surface area contributed by atoms with E-state index in [-0.39, 0.29) is 17.7 Å². The minimum Gasteiger partial charge on any atom is -0.444 e. The number of hydrogen-bond donors (Lipinski definition) is 1. The first-order chi connectivity index (χ1) is 10.8. The number of ether oxygens (including phenoxy) is 1. The summed E-state index contributed by atoms with van der Waals surface area (Å²) in [5.74, 6) is -0.503. The van der Waals surface area contributed by atoms with Gasteiger partial charge in [-0.05, 0) is 39.0 Å². The highest BCUT2D eigenvalue weighted by atomic mass is 32.1. The van der Waals surface area contributed by atoms with Crippen molar-refractivity contribution >= 4 is 17.4 Å². The molecule has 0 radical (unpaired) electrons. The molecule has 0 atom stereocenters. The average Bonchev–Trinajstić information content (AvgIpc) is 2.91. The van der Waals surface area contributed by atoms with Crippen LogP contribution in [0.25, 0.3) is 10.6 Å². The van der Waals surface area contributed by atoms with E-state index in [9.17, 15) is 9.18 Å². The third kappa shape index (κ3) is 4.76. The van der Waals surface area contributed by atoms with Crippen molar-refractivity contribution in [3.63, 3.8) is 0 Å². The molecule has 1 aromatic heterocycles. The fourth-order valence-electron chi connectivity index (χ4n) is 1.74. The number of thiazole rings is 1. The first-order valence-electron chi connectivity index (χ1n) is 6.88. The SMILES string of the molecule is CC(C)(C)NC(=O)OCc1cnc(-c2ccc(C#N)cc2F)s1. The van der Waals surface area contributed by atoms with Crippen LogP contribution >= 0.6 is 11.3 Å². The lowest BCUT2D eigenvalue weighted by Crippen LogP contribution is -2.40. The summed E-state index contributed by atoms with van der Waals surface area (Å²) in [5, 5.41) is 11.9. The molecule has 0 unspecified atom stereocenters. The molecular formula is C16H16FN3O2S. The Morgan fingerprint density at radius 2 is 2.22 bits per heavy atom. The van der Waals surface area contributed by atoms with Crippen molar-refractivity contribution in [3.8, 4) is 16.6 Å². The number of benzene rings is 1. The van der Waals surface area contributed by atoms with Gasteiger partial charge >= 0.3 is 6.09 Å². The minimum atomic E-state index is -0.517. The van der Waals surface area contributed by atoms with Crippen LogP contribution in [-0.4, -0.2) is 16.6 Å². The molecule has 1 aromatic carbocycles. The highest BCUT2D eigenvalue weighted by molar-refractivity contribution is 7.15. The monoisotopic (exact) mass is 333 g/mol. The molecule has 1 heterocycles. The van der Waals surface area contributed by atoms with E-state index < -0.39 is 11.9 Å². The lowest BCUT2D eigenvalue weighted by Gasteiger charge is -2.19. The van der Waals surface area contributed by atoms with Gasteiger partial charge in [-0.15, -0.1) is 11.3 Å². The number of carbonyl (C=O) groups excluding carboxylic acids is 1. The van der Waals surface area contributed by atoms with E-state index in [4.69, 9.17) is 10.00 Å². The van der Waals surface area contributed by atoms with E-state index in [0.717, 1.165) is 0 Å². The number of nitriles is 1. The van der Waals surface area contributed by atoms with Gasteiger partial charge in [0, 0.05) is 17.3 Å². The van der Waals surface area contributed by atoms with E-state index in [1.807, 2.05) is 26.8 Å². The van der Waals surface area contributed by atoms with Gasteiger partial charge in [-0.1, -0.05) is 0 Å². The maximum atomic E-state index is 14.0. The van der Waals surface area contributed by atoms with Crippen molar-refractivity contribution in [2.45, 2.75) is 32.9 Å². The molecule has 0 saturated heterocycles. The number of amides is 1.